The van der Waals surface area contributed by atoms with Crippen molar-refractivity contribution in [2.45, 2.75) is 32.1 Å². The minimum atomic E-state index is 0.591. The van der Waals surface area contributed by atoms with Crippen molar-refractivity contribution >= 4 is 0 Å². The predicted octanol–water partition coefficient (Wildman–Crippen LogP) is 3.15. The minimum absolute atomic E-state index is 0.591. The number of hydrogen-bond donors (Lipinski definition) is 0. The Balaban J connectivity index is 1.59. The number of hydrogen-bond acceptors (Lipinski definition) is 2. The van der Waals surface area contributed by atoms with Crippen molar-refractivity contribution in [3.63, 3.8) is 0 Å². The van der Waals surface area contributed by atoms with Crippen LogP contribution in [0.4, 0.5) is 0 Å². The average molecular weight is 283 g/mol. The summed E-state index contributed by atoms with van der Waals surface area (Å²) in [5.41, 5.74) is 2.57. The average Bonchev–Trinajstić information content (AvgIpc) is 2.85. The molecule has 1 saturated heterocycles. The highest BCUT2D eigenvalue weighted by Crippen LogP contribution is 2.26. The SMILES string of the molecule is Cc1cn(C)c(C2CCCN(CCc3ccccc3)C2)n1. The van der Waals surface area contributed by atoms with Gasteiger partial charge in [-0.1, -0.05) is 30.3 Å². The summed E-state index contributed by atoms with van der Waals surface area (Å²) in [6, 6.07) is 10.8. The molecule has 3 heteroatoms. The topological polar surface area (TPSA) is 21.1 Å². The molecule has 0 spiro atoms. The second-order valence-corrected chi connectivity index (χ2v) is 6.23. The van der Waals surface area contributed by atoms with Crippen LogP contribution in [0.1, 0.15) is 35.8 Å². The van der Waals surface area contributed by atoms with E-state index in [-0.39, 0.29) is 0 Å². The minimum Gasteiger partial charge on any atom is -0.337 e. The van der Waals surface area contributed by atoms with E-state index < -0.39 is 0 Å². The zero-order valence-electron chi connectivity index (χ0n) is 13.1. The summed E-state index contributed by atoms with van der Waals surface area (Å²) in [6.07, 6.45) is 5.84. The quantitative estimate of drug-likeness (QED) is 0.859. The first-order chi connectivity index (χ1) is 10.2. The first kappa shape index (κ1) is 14.3. The standard InChI is InChI=1S/C18H25N3/c1-15-13-20(2)18(19-15)17-9-6-11-21(14-17)12-10-16-7-4-3-5-8-16/h3-5,7-8,13,17H,6,9-12,14H2,1-2H3. The molecule has 0 aliphatic carbocycles. The third-order valence-corrected chi connectivity index (χ3v) is 4.46. The van der Waals surface area contributed by atoms with Gasteiger partial charge in [0.05, 0.1) is 5.69 Å². The van der Waals surface area contributed by atoms with Gasteiger partial charge in [-0.15, -0.1) is 0 Å². The maximum Gasteiger partial charge on any atom is 0.113 e. The summed E-state index contributed by atoms with van der Waals surface area (Å²) in [5.74, 6) is 1.85. The van der Waals surface area contributed by atoms with Crippen molar-refractivity contribution in [2.24, 2.45) is 7.05 Å². The van der Waals surface area contributed by atoms with Gasteiger partial charge in [-0.25, -0.2) is 4.98 Å². The molecular weight excluding hydrogens is 258 g/mol. The van der Waals surface area contributed by atoms with Crippen molar-refractivity contribution in [1.29, 1.82) is 0 Å². The number of benzene rings is 1. The zero-order chi connectivity index (χ0) is 14.7. The Morgan fingerprint density at radius 1 is 1.24 bits per heavy atom. The molecule has 2 aromatic rings. The normalized spacial score (nSPS) is 19.8. The highest BCUT2D eigenvalue weighted by atomic mass is 15.1. The lowest BCUT2D eigenvalue weighted by Crippen LogP contribution is -2.36. The van der Waals surface area contributed by atoms with Gasteiger partial charge in [-0.2, -0.15) is 0 Å². The van der Waals surface area contributed by atoms with Crippen molar-refractivity contribution < 1.29 is 0 Å². The smallest absolute Gasteiger partial charge is 0.113 e. The lowest BCUT2D eigenvalue weighted by Gasteiger charge is -2.32. The Morgan fingerprint density at radius 2 is 2.05 bits per heavy atom. The van der Waals surface area contributed by atoms with Crippen LogP contribution in [-0.4, -0.2) is 34.1 Å². The van der Waals surface area contributed by atoms with Gasteiger partial charge in [-0.3, -0.25) is 0 Å². The number of rotatable bonds is 4. The second-order valence-electron chi connectivity index (χ2n) is 6.23. The van der Waals surface area contributed by atoms with Crippen molar-refractivity contribution in [3.05, 3.63) is 53.6 Å². The summed E-state index contributed by atoms with van der Waals surface area (Å²) in [7, 11) is 2.12. The molecule has 0 radical (unpaired) electrons. The van der Waals surface area contributed by atoms with E-state index >= 15 is 0 Å². The fourth-order valence-electron chi connectivity index (χ4n) is 3.42. The molecule has 3 nitrogen and oxygen atoms in total. The van der Waals surface area contributed by atoms with Crippen LogP contribution >= 0.6 is 0 Å². The lowest BCUT2D eigenvalue weighted by atomic mass is 9.96. The van der Waals surface area contributed by atoms with Crippen LogP contribution in [-0.2, 0) is 13.5 Å². The van der Waals surface area contributed by atoms with Crippen LogP contribution in [0.3, 0.4) is 0 Å². The van der Waals surface area contributed by atoms with E-state index in [0.29, 0.717) is 5.92 Å². The molecule has 0 N–H and O–H groups in total. The molecule has 1 aromatic heterocycles. The molecule has 0 saturated carbocycles. The number of aromatic nitrogens is 2. The van der Waals surface area contributed by atoms with Crippen LogP contribution < -0.4 is 0 Å². The van der Waals surface area contributed by atoms with E-state index in [1.54, 1.807) is 0 Å². The molecule has 1 aromatic carbocycles. The lowest BCUT2D eigenvalue weighted by molar-refractivity contribution is 0.205. The van der Waals surface area contributed by atoms with Crippen LogP contribution in [0.5, 0.6) is 0 Å². The second kappa shape index (κ2) is 6.44. The van der Waals surface area contributed by atoms with Crippen LogP contribution in [0, 0.1) is 6.92 Å². The highest BCUT2D eigenvalue weighted by Gasteiger charge is 2.24. The van der Waals surface area contributed by atoms with Gasteiger partial charge in [0.2, 0.25) is 0 Å². The Morgan fingerprint density at radius 3 is 2.76 bits per heavy atom. The van der Waals surface area contributed by atoms with E-state index in [0.717, 1.165) is 25.2 Å². The summed E-state index contributed by atoms with van der Waals surface area (Å²) in [5, 5.41) is 0. The summed E-state index contributed by atoms with van der Waals surface area (Å²) in [6.45, 7) is 5.62. The number of imidazole rings is 1. The van der Waals surface area contributed by atoms with Crippen LogP contribution in [0.15, 0.2) is 36.5 Å². The van der Waals surface area contributed by atoms with E-state index in [9.17, 15) is 0 Å². The molecule has 1 aliphatic rings. The molecule has 3 rings (SSSR count). The first-order valence-electron chi connectivity index (χ1n) is 7.98. The third kappa shape index (κ3) is 3.53. The largest absolute Gasteiger partial charge is 0.337 e. The number of aryl methyl sites for hydroxylation is 2. The molecule has 1 unspecified atom stereocenters. The molecular formula is C18H25N3. The molecule has 2 heterocycles. The number of piperidine rings is 1. The van der Waals surface area contributed by atoms with Crippen molar-refractivity contribution in [2.75, 3.05) is 19.6 Å². The molecule has 1 fully saturated rings. The maximum atomic E-state index is 4.72. The summed E-state index contributed by atoms with van der Waals surface area (Å²) < 4.78 is 2.21. The van der Waals surface area contributed by atoms with Gasteiger partial charge < -0.3 is 9.47 Å². The maximum absolute atomic E-state index is 4.72. The molecule has 1 aliphatic heterocycles. The van der Waals surface area contributed by atoms with Gasteiger partial charge in [0, 0.05) is 32.3 Å². The molecule has 0 bridgehead atoms. The molecule has 112 valence electrons. The monoisotopic (exact) mass is 283 g/mol. The van der Waals surface area contributed by atoms with Gasteiger partial charge >= 0.3 is 0 Å². The molecule has 1 atom stereocenters. The van der Waals surface area contributed by atoms with Crippen molar-refractivity contribution in [1.82, 2.24) is 14.5 Å². The summed E-state index contributed by atoms with van der Waals surface area (Å²) in [4.78, 5) is 7.33. The van der Waals surface area contributed by atoms with E-state index in [1.807, 2.05) is 0 Å². The number of likely N-dealkylation sites (tertiary alicyclic amines) is 1. The highest BCUT2D eigenvalue weighted by molar-refractivity contribution is 5.15. The Hall–Kier alpha value is -1.61. The van der Waals surface area contributed by atoms with Crippen LogP contribution in [0.2, 0.25) is 0 Å². The molecule has 0 amide bonds. The Kier molecular flexibility index (Phi) is 4.39. The fourth-order valence-corrected chi connectivity index (χ4v) is 3.42. The van der Waals surface area contributed by atoms with Crippen LogP contribution in [0.25, 0.3) is 0 Å². The van der Waals surface area contributed by atoms with Gasteiger partial charge in [0.15, 0.2) is 0 Å². The first-order valence-corrected chi connectivity index (χ1v) is 7.98. The van der Waals surface area contributed by atoms with Gasteiger partial charge in [0.25, 0.3) is 0 Å². The van der Waals surface area contributed by atoms with E-state index in [1.165, 1.54) is 30.8 Å². The van der Waals surface area contributed by atoms with Gasteiger partial charge in [-0.05, 0) is 38.3 Å². The van der Waals surface area contributed by atoms with E-state index in [2.05, 4.69) is 60.0 Å². The Labute approximate surface area is 127 Å². The predicted molar refractivity (Wildman–Crippen MR) is 86.5 cm³/mol. The van der Waals surface area contributed by atoms with Gasteiger partial charge in [0.1, 0.15) is 5.82 Å². The van der Waals surface area contributed by atoms with Crippen molar-refractivity contribution in [3.8, 4) is 0 Å². The number of nitrogens with zero attached hydrogens (tertiary/aromatic N) is 3. The fraction of sp³-hybridized carbons (Fsp3) is 0.500. The molecule has 21 heavy (non-hydrogen) atoms. The zero-order valence-corrected chi connectivity index (χ0v) is 13.1. The third-order valence-electron chi connectivity index (χ3n) is 4.46. The Bertz CT molecular complexity index is 573. The van der Waals surface area contributed by atoms with E-state index in [4.69, 9.17) is 4.98 Å². The summed E-state index contributed by atoms with van der Waals surface area (Å²) >= 11 is 0.